The van der Waals surface area contributed by atoms with Gasteiger partial charge in [-0.15, -0.1) is 0 Å². The van der Waals surface area contributed by atoms with Gasteiger partial charge < -0.3 is 5.11 Å². The Labute approximate surface area is 184 Å². The molecule has 0 spiro atoms. The Bertz CT molecular complexity index is 1120. The second-order valence-corrected chi connectivity index (χ2v) is 9.99. The normalized spacial score (nSPS) is 12.9. The molecule has 2 N–H and O–H groups in total. The van der Waals surface area contributed by atoms with Crippen molar-refractivity contribution < 1.29 is 18.3 Å². The Kier molecular flexibility index (Phi) is 7.13. The summed E-state index contributed by atoms with van der Waals surface area (Å²) in [7, 11) is -3.51. The fourth-order valence-electron chi connectivity index (χ4n) is 3.81. The van der Waals surface area contributed by atoms with Gasteiger partial charge in [0.1, 0.15) is 0 Å². The smallest absolute Gasteiger partial charge is 0.336 e. The summed E-state index contributed by atoms with van der Waals surface area (Å²) in [5, 5.41) is 9.67. The number of hydrogen-bond donors (Lipinski definition) is 2. The number of aromatic carboxylic acids is 1. The monoisotopic (exact) mass is 439 g/mol. The van der Waals surface area contributed by atoms with Crippen molar-refractivity contribution in [2.75, 3.05) is 6.54 Å². The largest absolute Gasteiger partial charge is 0.478 e. The minimum absolute atomic E-state index is 0.0988. The number of fused-ring (bicyclic) bond motifs is 1. The first kappa shape index (κ1) is 23.0. The van der Waals surface area contributed by atoms with Gasteiger partial charge in [-0.25, -0.2) is 17.9 Å². The Balaban J connectivity index is 1.73. The molecule has 0 saturated carbocycles. The molecule has 0 aromatic heterocycles. The van der Waals surface area contributed by atoms with Gasteiger partial charge in [0.15, 0.2) is 0 Å². The van der Waals surface area contributed by atoms with E-state index in [-0.39, 0.29) is 10.8 Å². The number of hydrogen-bond acceptors (Lipinski definition) is 3. The molecule has 2 aliphatic carbocycles. The highest BCUT2D eigenvalue weighted by Gasteiger charge is 2.23. The first-order valence-corrected chi connectivity index (χ1v) is 12.0. The van der Waals surface area contributed by atoms with Crippen LogP contribution in [0.1, 0.15) is 66.9 Å². The average Bonchev–Trinajstić information content (AvgIpc) is 2.96. The van der Waals surface area contributed by atoms with E-state index in [1.165, 1.54) is 0 Å². The summed E-state index contributed by atoms with van der Waals surface area (Å²) in [6.45, 7) is 6.61. The number of rotatable bonds is 9. The number of carbonyl (C=O) groups is 1. The van der Waals surface area contributed by atoms with Gasteiger partial charge in [-0.2, -0.15) is 0 Å². The van der Waals surface area contributed by atoms with E-state index >= 15 is 0 Å². The van der Waals surface area contributed by atoms with E-state index in [0.29, 0.717) is 24.4 Å². The van der Waals surface area contributed by atoms with Gasteiger partial charge in [-0.05, 0) is 65.1 Å². The van der Waals surface area contributed by atoms with Gasteiger partial charge in [0.2, 0.25) is 10.0 Å². The molecule has 0 radical (unpaired) electrons. The Hall–Kier alpha value is -2.70. The van der Waals surface area contributed by atoms with Gasteiger partial charge in [-0.1, -0.05) is 63.2 Å². The summed E-state index contributed by atoms with van der Waals surface area (Å²) in [5.41, 5.74) is 4.14. The second-order valence-electron chi connectivity index (χ2n) is 8.22. The molecule has 1 aromatic carbocycles. The highest BCUT2D eigenvalue weighted by atomic mass is 32.2. The van der Waals surface area contributed by atoms with Gasteiger partial charge in [-0.3, -0.25) is 0 Å². The number of sulfonamides is 1. The molecule has 0 fully saturated rings. The summed E-state index contributed by atoms with van der Waals surface area (Å²) in [4.78, 5) is 12.1. The molecule has 1 aromatic rings. The first-order valence-electron chi connectivity index (χ1n) is 10.5. The molecule has 31 heavy (non-hydrogen) atoms. The summed E-state index contributed by atoms with van der Waals surface area (Å²) >= 11 is 0. The van der Waals surface area contributed by atoms with Crippen molar-refractivity contribution in [1.82, 2.24) is 4.72 Å². The van der Waals surface area contributed by atoms with Crippen molar-refractivity contribution in [2.24, 2.45) is 0 Å². The third-order valence-electron chi connectivity index (χ3n) is 5.66. The molecule has 2 aliphatic rings. The lowest BCUT2D eigenvalue weighted by molar-refractivity contribution is 0.0698. The van der Waals surface area contributed by atoms with E-state index in [1.807, 2.05) is 18.2 Å². The molecule has 0 amide bonds. The summed E-state index contributed by atoms with van der Waals surface area (Å²) in [5.74, 6) is -0.485. The molecule has 0 heterocycles. The van der Waals surface area contributed by atoms with Gasteiger partial charge >= 0.3 is 5.97 Å². The topological polar surface area (TPSA) is 83.5 Å². The second kappa shape index (κ2) is 9.62. The van der Waals surface area contributed by atoms with Crippen LogP contribution in [-0.4, -0.2) is 26.0 Å². The molecule has 3 rings (SSSR count). The lowest BCUT2D eigenvalue weighted by atomic mass is 9.94. The maximum Gasteiger partial charge on any atom is 0.336 e. The molecular formula is C25H29NO4S. The quantitative estimate of drug-likeness (QED) is 0.433. The average molecular weight is 440 g/mol. The minimum Gasteiger partial charge on any atom is -0.478 e. The Morgan fingerprint density at radius 1 is 0.968 bits per heavy atom. The summed E-state index contributed by atoms with van der Waals surface area (Å²) < 4.78 is 27.3. The molecule has 164 valence electrons. The first-order chi connectivity index (χ1) is 14.7. The maximum atomic E-state index is 12.3. The van der Waals surface area contributed by atoms with Crippen LogP contribution in [0.5, 0.6) is 0 Å². The summed E-state index contributed by atoms with van der Waals surface area (Å²) in [6, 6.07) is 18.0. The van der Waals surface area contributed by atoms with Crippen LogP contribution in [-0.2, 0) is 10.0 Å². The fourth-order valence-corrected chi connectivity index (χ4v) is 4.91. The molecule has 1 atom stereocenters. The SMILES string of the molecule is CC(C)c1ccc2c(C(=O)O)cc([C@@H](C)CCCNS(=O)(=O)c3ccccc3)c-2cc1. The molecule has 0 bridgehead atoms. The van der Waals surface area contributed by atoms with Gasteiger partial charge in [0.25, 0.3) is 0 Å². The number of benzene rings is 1. The van der Waals surface area contributed by atoms with Crippen molar-refractivity contribution in [3.05, 3.63) is 77.4 Å². The zero-order chi connectivity index (χ0) is 22.6. The van der Waals surface area contributed by atoms with Crippen molar-refractivity contribution in [1.29, 1.82) is 0 Å². The van der Waals surface area contributed by atoms with Crippen LogP contribution in [0.2, 0.25) is 0 Å². The lowest BCUT2D eigenvalue weighted by Gasteiger charge is -2.13. The fraction of sp³-hybridized carbons (Fsp3) is 0.320. The molecular weight excluding hydrogens is 410 g/mol. The van der Waals surface area contributed by atoms with Crippen LogP contribution in [0.15, 0.2) is 65.6 Å². The predicted molar refractivity (Wildman–Crippen MR) is 123 cm³/mol. The van der Waals surface area contributed by atoms with Gasteiger partial charge in [0.05, 0.1) is 10.5 Å². The highest BCUT2D eigenvalue weighted by Crippen LogP contribution is 2.38. The van der Waals surface area contributed by atoms with E-state index in [9.17, 15) is 18.3 Å². The minimum atomic E-state index is -3.51. The molecule has 0 saturated heterocycles. The van der Waals surface area contributed by atoms with Crippen molar-refractivity contribution >= 4 is 16.0 Å². The Morgan fingerprint density at radius 3 is 2.23 bits per heavy atom. The van der Waals surface area contributed by atoms with Crippen LogP contribution in [0, 0.1) is 0 Å². The van der Waals surface area contributed by atoms with E-state index < -0.39 is 16.0 Å². The molecule has 6 heteroatoms. The van der Waals surface area contributed by atoms with E-state index in [1.54, 1.807) is 36.4 Å². The van der Waals surface area contributed by atoms with E-state index in [0.717, 1.165) is 28.7 Å². The van der Waals surface area contributed by atoms with Crippen LogP contribution in [0.3, 0.4) is 0 Å². The maximum absolute atomic E-state index is 12.3. The number of nitrogens with one attached hydrogen (secondary N) is 1. The highest BCUT2D eigenvalue weighted by molar-refractivity contribution is 7.89. The van der Waals surface area contributed by atoms with Crippen LogP contribution in [0.25, 0.3) is 11.1 Å². The molecule has 5 nitrogen and oxygen atoms in total. The number of carboxylic acid groups (broad SMARTS) is 1. The van der Waals surface area contributed by atoms with E-state index in [4.69, 9.17) is 0 Å². The third-order valence-corrected chi connectivity index (χ3v) is 7.14. The zero-order valence-electron chi connectivity index (χ0n) is 18.1. The zero-order valence-corrected chi connectivity index (χ0v) is 18.9. The lowest BCUT2D eigenvalue weighted by Crippen LogP contribution is -2.24. The van der Waals surface area contributed by atoms with E-state index in [2.05, 4.69) is 31.6 Å². The third kappa shape index (κ3) is 5.32. The van der Waals surface area contributed by atoms with Crippen molar-refractivity contribution in [2.45, 2.75) is 50.3 Å². The Morgan fingerprint density at radius 2 is 1.61 bits per heavy atom. The van der Waals surface area contributed by atoms with Crippen LogP contribution >= 0.6 is 0 Å². The molecule has 0 aliphatic heterocycles. The van der Waals surface area contributed by atoms with Gasteiger partial charge in [0, 0.05) is 6.54 Å². The van der Waals surface area contributed by atoms with Crippen molar-refractivity contribution in [3.8, 4) is 11.1 Å². The number of carboxylic acids is 1. The van der Waals surface area contributed by atoms with Crippen molar-refractivity contribution in [3.63, 3.8) is 0 Å². The predicted octanol–water partition coefficient (Wildman–Crippen LogP) is 5.48. The summed E-state index contributed by atoms with van der Waals surface area (Å²) in [6.07, 6.45) is 1.39. The van der Waals surface area contributed by atoms with Crippen LogP contribution < -0.4 is 4.72 Å². The van der Waals surface area contributed by atoms with Crippen LogP contribution in [0.4, 0.5) is 0 Å². The standard InChI is InChI=1S/C25H29NO4S/c1-17(2)19-11-13-21-22(14-12-19)24(25(27)28)16-23(21)18(3)8-7-15-26-31(29,30)20-9-5-4-6-10-20/h4-6,9-14,16-18,26H,7-8,15H2,1-3H3,(H,27,28)/t18-/m0/s1. The molecule has 0 unspecified atom stereocenters.